The Morgan fingerprint density at radius 1 is 1.13 bits per heavy atom. The first kappa shape index (κ1) is 25.9. The number of likely N-dealkylation sites (tertiary alicyclic amines) is 1. The zero-order valence-corrected chi connectivity index (χ0v) is 22.2. The normalized spacial score (nSPS) is 19.9. The highest BCUT2D eigenvalue weighted by atomic mass is 19.4. The Kier molecular flexibility index (Phi) is 6.65. The van der Waals surface area contributed by atoms with Crippen molar-refractivity contribution in [2.24, 2.45) is 11.8 Å². The van der Waals surface area contributed by atoms with E-state index in [2.05, 4.69) is 17.0 Å². The number of aryl methyl sites for hydroxylation is 1. The smallest absolute Gasteiger partial charge is 0.360 e. The minimum absolute atomic E-state index is 0.0155. The fourth-order valence-electron chi connectivity index (χ4n) is 6.31. The summed E-state index contributed by atoms with van der Waals surface area (Å²) in [6, 6.07) is 8.71. The van der Waals surface area contributed by atoms with Crippen molar-refractivity contribution in [3.05, 3.63) is 87.4 Å². The van der Waals surface area contributed by atoms with Gasteiger partial charge in [0.25, 0.3) is 0 Å². The van der Waals surface area contributed by atoms with Crippen LogP contribution < -0.4 is 5.69 Å². The molecule has 9 heteroatoms. The maximum atomic E-state index is 14.2. The van der Waals surface area contributed by atoms with Crippen LogP contribution >= 0.6 is 0 Å². The number of pyridine rings is 1. The van der Waals surface area contributed by atoms with Gasteiger partial charge in [-0.1, -0.05) is 30.6 Å². The third-order valence-corrected chi connectivity index (χ3v) is 8.47. The lowest BCUT2D eigenvalue weighted by Gasteiger charge is -2.33. The number of fused-ring (bicyclic) bond motifs is 1. The fourth-order valence-corrected chi connectivity index (χ4v) is 6.31. The van der Waals surface area contributed by atoms with Crippen LogP contribution in [0.5, 0.6) is 0 Å². The second-order valence-electron chi connectivity index (χ2n) is 11.4. The Balaban J connectivity index is 1.42. The predicted octanol–water partition coefficient (Wildman–Crippen LogP) is 6.57. The van der Waals surface area contributed by atoms with Crippen molar-refractivity contribution in [3.8, 4) is 5.69 Å². The van der Waals surface area contributed by atoms with Gasteiger partial charge in [0.2, 0.25) is 0 Å². The van der Waals surface area contributed by atoms with E-state index in [-0.39, 0.29) is 11.4 Å². The van der Waals surface area contributed by atoms with E-state index in [1.807, 2.05) is 25.1 Å². The molecule has 0 bridgehead atoms. The van der Waals surface area contributed by atoms with Crippen molar-refractivity contribution in [2.75, 3.05) is 13.1 Å². The van der Waals surface area contributed by atoms with E-state index in [1.165, 1.54) is 16.8 Å². The van der Waals surface area contributed by atoms with Crippen molar-refractivity contribution in [1.29, 1.82) is 0 Å². The van der Waals surface area contributed by atoms with Gasteiger partial charge < -0.3 is 4.52 Å². The Hall–Kier alpha value is -3.33. The minimum Gasteiger partial charge on any atom is -0.360 e. The topological polar surface area (TPSA) is 55.7 Å². The number of hydrogen-bond acceptors (Lipinski definition) is 4. The molecule has 0 spiro atoms. The maximum absolute atomic E-state index is 14.2. The third kappa shape index (κ3) is 4.93. The quantitative estimate of drug-likeness (QED) is 0.279. The zero-order chi connectivity index (χ0) is 27.3. The number of aromatic nitrogens is 3. The third-order valence-electron chi connectivity index (χ3n) is 8.47. The number of imidazole rings is 1. The second-order valence-corrected chi connectivity index (χ2v) is 11.4. The standard InChI is InChI=1S/C30H33F3N4O2/c1-19-6-5-11-35(15-19)16-21-12-25(30(31,32)33)26-18-36(29(38)37(26)17-21)24-10-4-9-23(13-24)27(22-7-3-8-22)28-20(2)14-34-39-28/h4,9-10,12-14,17-19,22,27H,3,5-8,11,15-16H2,1-2H3/t19-,27?/m0/s1. The van der Waals surface area contributed by atoms with Crippen LogP contribution in [-0.2, 0) is 12.7 Å². The number of hydrogen-bond donors (Lipinski definition) is 0. The maximum Gasteiger partial charge on any atom is 0.418 e. The van der Waals surface area contributed by atoms with Gasteiger partial charge in [-0.25, -0.2) is 4.79 Å². The van der Waals surface area contributed by atoms with Crippen LogP contribution in [0, 0.1) is 18.8 Å². The number of halogens is 3. The van der Waals surface area contributed by atoms with Gasteiger partial charge in [-0.15, -0.1) is 0 Å². The van der Waals surface area contributed by atoms with E-state index in [1.54, 1.807) is 18.5 Å². The predicted molar refractivity (Wildman–Crippen MR) is 142 cm³/mol. The molecule has 0 radical (unpaired) electrons. The second kappa shape index (κ2) is 10.0. The molecule has 1 aromatic carbocycles. The van der Waals surface area contributed by atoms with Crippen LogP contribution in [0.3, 0.4) is 0 Å². The molecule has 4 aromatic rings. The van der Waals surface area contributed by atoms with Crippen molar-refractivity contribution in [1.82, 2.24) is 19.0 Å². The molecule has 2 aliphatic rings. The summed E-state index contributed by atoms with van der Waals surface area (Å²) in [6.07, 6.45) is 5.44. The van der Waals surface area contributed by atoms with Gasteiger partial charge in [-0.2, -0.15) is 13.2 Å². The first-order valence-corrected chi connectivity index (χ1v) is 13.8. The van der Waals surface area contributed by atoms with Crippen molar-refractivity contribution >= 4 is 5.52 Å². The summed E-state index contributed by atoms with van der Waals surface area (Å²) < 4.78 is 50.8. The van der Waals surface area contributed by atoms with Gasteiger partial charge in [0.1, 0.15) is 5.76 Å². The van der Waals surface area contributed by atoms with Gasteiger partial charge in [0.15, 0.2) is 0 Å². The Morgan fingerprint density at radius 2 is 1.95 bits per heavy atom. The number of nitrogens with zero attached hydrogens (tertiary/aromatic N) is 4. The van der Waals surface area contributed by atoms with Crippen LogP contribution in [0.15, 0.2) is 58.2 Å². The van der Waals surface area contributed by atoms with E-state index in [4.69, 9.17) is 4.52 Å². The average molecular weight is 539 g/mol. The molecule has 1 saturated heterocycles. The van der Waals surface area contributed by atoms with E-state index in [0.717, 1.165) is 66.5 Å². The summed E-state index contributed by atoms with van der Waals surface area (Å²) in [7, 11) is 0. The van der Waals surface area contributed by atoms with E-state index >= 15 is 0 Å². The molecule has 2 atom stereocenters. The average Bonchev–Trinajstić information content (AvgIpc) is 3.43. The molecule has 6 rings (SSSR count). The van der Waals surface area contributed by atoms with E-state index in [0.29, 0.717) is 29.6 Å². The Bertz CT molecular complexity index is 1550. The fraction of sp³-hybridized carbons (Fsp3) is 0.467. The van der Waals surface area contributed by atoms with E-state index < -0.39 is 17.4 Å². The number of alkyl halides is 3. The van der Waals surface area contributed by atoms with Crippen LogP contribution in [0.25, 0.3) is 11.2 Å². The Labute approximate surface area is 225 Å². The lowest BCUT2D eigenvalue weighted by atomic mass is 9.71. The van der Waals surface area contributed by atoms with Gasteiger partial charge in [0, 0.05) is 37.0 Å². The zero-order valence-electron chi connectivity index (χ0n) is 22.2. The van der Waals surface area contributed by atoms with Gasteiger partial charge in [-0.3, -0.25) is 13.9 Å². The van der Waals surface area contributed by atoms with Crippen molar-refractivity contribution in [2.45, 2.75) is 64.6 Å². The summed E-state index contributed by atoms with van der Waals surface area (Å²) in [5.41, 5.74) is 1.50. The van der Waals surface area contributed by atoms with Crippen LogP contribution in [0.1, 0.15) is 73.0 Å². The molecule has 1 aliphatic carbocycles. The molecule has 1 unspecified atom stereocenters. The lowest BCUT2D eigenvalue weighted by molar-refractivity contribution is -0.136. The van der Waals surface area contributed by atoms with Crippen molar-refractivity contribution < 1.29 is 17.7 Å². The molecule has 206 valence electrons. The molecule has 1 saturated carbocycles. The van der Waals surface area contributed by atoms with Crippen LogP contribution in [0.4, 0.5) is 13.2 Å². The summed E-state index contributed by atoms with van der Waals surface area (Å²) >= 11 is 0. The molecule has 6 nitrogen and oxygen atoms in total. The minimum atomic E-state index is -4.59. The SMILES string of the molecule is Cc1cnoc1C(c1cccc(-n2cc3c(C(F)(F)F)cc(CN4CCC[C@H](C)C4)cn3c2=O)c1)C1CCC1. The van der Waals surface area contributed by atoms with Crippen molar-refractivity contribution in [3.63, 3.8) is 0 Å². The number of piperidine rings is 1. The monoisotopic (exact) mass is 538 g/mol. The molecule has 0 amide bonds. The highest BCUT2D eigenvalue weighted by molar-refractivity contribution is 5.58. The lowest BCUT2D eigenvalue weighted by Crippen LogP contribution is -2.34. The number of benzene rings is 1. The molecule has 3 aromatic heterocycles. The molecular formula is C30H33F3N4O2. The first-order valence-electron chi connectivity index (χ1n) is 13.8. The summed E-state index contributed by atoms with van der Waals surface area (Å²) in [5, 5.41) is 3.98. The summed E-state index contributed by atoms with van der Waals surface area (Å²) in [4.78, 5) is 15.8. The van der Waals surface area contributed by atoms with E-state index in [9.17, 15) is 18.0 Å². The Morgan fingerprint density at radius 3 is 2.62 bits per heavy atom. The highest BCUT2D eigenvalue weighted by Gasteiger charge is 2.36. The summed E-state index contributed by atoms with van der Waals surface area (Å²) in [6.45, 7) is 6.20. The molecule has 2 fully saturated rings. The van der Waals surface area contributed by atoms with Gasteiger partial charge in [0.05, 0.1) is 23.0 Å². The van der Waals surface area contributed by atoms with Gasteiger partial charge in [-0.05, 0) is 80.3 Å². The number of rotatable bonds is 6. The highest BCUT2D eigenvalue weighted by Crippen LogP contribution is 2.44. The molecule has 1 aliphatic heterocycles. The summed E-state index contributed by atoms with van der Waals surface area (Å²) in [5.74, 6) is 1.69. The van der Waals surface area contributed by atoms with Crippen LogP contribution in [0.2, 0.25) is 0 Å². The van der Waals surface area contributed by atoms with Gasteiger partial charge >= 0.3 is 11.9 Å². The molecule has 0 N–H and O–H groups in total. The molecule has 4 heterocycles. The largest absolute Gasteiger partial charge is 0.418 e. The van der Waals surface area contributed by atoms with Crippen LogP contribution in [-0.4, -0.2) is 32.1 Å². The first-order chi connectivity index (χ1) is 18.7. The molecule has 39 heavy (non-hydrogen) atoms. The molecular weight excluding hydrogens is 505 g/mol.